The summed E-state index contributed by atoms with van der Waals surface area (Å²) in [6.07, 6.45) is 4.01. The van der Waals surface area contributed by atoms with E-state index in [9.17, 15) is 4.79 Å². The fourth-order valence-corrected chi connectivity index (χ4v) is 2.56. The summed E-state index contributed by atoms with van der Waals surface area (Å²) in [6, 6.07) is 0. The Morgan fingerprint density at radius 1 is 1.50 bits per heavy atom. The SMILES string of the molecule is CCNC(=NCCSC)N1CCCC(C(=O)OCC)C1. The summed E-state index contributed by atoms with van der Waals surface area (Å²) in [5.41, 5.74) is 0. The van der Waals surface area contributed by atoms with Crippen LogP contribution in [0.1, 0.15) is 26.7 Å². The molecular formula is C14H27N3O2S. The summed E-state index contributed by atoms with van der Waals surface area (Å²) < 4.78 is 5.14. The zero-order valence-electron chi connectivity index (χ0n) is 12.9. The van der Waals surface area contributed by atoms with Gasteiger partial charge in [0.15, 0.2) is 5.96 Å². The van der Waals surface area contributed by atoms with E-state index in [0.717, 1.165) is 44.2 Å². The van der Waals surface area contributed by atoms with Gasteiger partial charge in [-0.1, -0.05) is 0 Å². The van der Waals surface area contributed by atoms with Crippen LogP contribution in [0, 0.1) is 5.92 Å². The third-order valence-corrected chi connectivity index (χ3v) is 3.82. The molecule has 1 aliphatic heterocycles. The lowest BCUT2D eigenvalue weighted by Crippen LogP contribution is -2.48. The van der Waals surface area contributed by atoms with Crippen molar-refractivity contribution in [3.05, 3.63) is 0 Å². The minimum absolute atomic E-state index is 0.0203. The summed E-state index contributed by atoms with van der Waals surface area (Å²) in [5.74, 6) is 1.85. The van der Waals surface area contributed by atoms with Crippen molar-refractivity contribution >= 4 is 23.7 Å². The zero-order chi connectivity index (χ0) is 14.8. The number of nitrogens with one attached hydrogen (secondary N) is 1. The smallest absolute Gasteiger partial charge is 0.310 e. The molecule has 20 heavy (non-hydrogen) atoms. The van der Waals surface area contributed by atoms with E-state index in [1.807, 2.05) is 6.92 Å². The lowest BCUT2D eigenvalue weighted by atomic mass is 9.98. The second-order valence-electron chi connectivity index (χ2n) is 4.77. The van der Waals surface area contributed by atoms with Gasteiger partial charge in [0.05, 0.1) is 19.1 Å². The molecule has 1 saturated heterocycles. The Bertz CT molecular complexity index is 324. The number of guanidine groups is 1. The number of rotatable bonds is 6. The summed E-state index contributed by atoms with van der Waals surface area (Å²) in [4.78, 5) is 18.7. The van der Waals surface area contributed by atoms with Gasteiger partial charge >= 0.3 is 5.97 Å². The molecule has 0 bridgehead atoms. The van der Waals surface area contributed by atoms with Gasteiger partial charge in [-0.3, -0.25) is 9.79 Å². The highest BCUT2D eigenvalue weighted by Gasteiger charge is 2.28. The number of nitrogens with zero attached hydrogens (tertiary/aromatic N) is 2. The maximum Gasteiger partial charge on any atom is 0.310 e. The number of carbonyl (C=O) groups is 1. The third kappa shape index (κ3) is 5.61. The van der Waals surface area contributed by atoms with E-state index in [2.05, 4.69) is 28.4 Å². The molecule has 0 aromatic carbocycles. The van der Waals surface area contributed by atoms with Gasteiger partial charge in [-0.05, 0) is 32.9 Å². The minimum atomic E-state index is -0.0721. The van der Waals surface area contributed by atoms with E-state index in [1.54, 1.807) is 11.8 Å². The Labute approximate surface area is 126 Å². The first kappa shape index (κ1) is 17.1. The monoisotopic (exact) mass is 301 g/mol. The highest BCUT2D eigenvalue weighted by atomic mass is 32.2. The molecule has 1 rings (SSSR count). The molecule has 0 saturated carbocycles. The van der Waals surface area contributed by atoms with Crippen LogP contribution < -0.4 is 5.32 Å². The van der Waals surface area contributed by atoms with Gasteiger partial charge in [0.2, 0.25) is 0 Å². The van der Waals surface area contributed by atoms with Crippen molar-refractivity contribution < 1.29 is 9.53 Å². The van der Waals surface area contributed by atoms with E-state index in [4.69, 9.17) is 4.74 Å². The van der Waals surface area contributed by atoms with Crippen LogP contribution in [-0.2, 0) is 9.53 Å². The molecular weight excluding hydrogens is 274 g/mol. The molecule has 6 heteroatoms. The first-order valence-corrected chi connectivity index (χ1v) is 8.81. The Balaban J connectivity index is 2.61. The summed E-state index contributed by atoms with van der Waals surface area (Å²) in [6.45, 7) is 7.70. The van der Waals surface area contributed by atoms with Crippen molar-refractivity contribution in [2.45, 2.75) is 26.7 Å². The second kappa shape index (κ2) is 9.91. The van der Waals surface area contributed by atoms with Crippen molar-refractivity contribution in [3.8, 4) is 0 Å². The first-order valence-electron chi connectivity index (χ1n) is 7.41. The van der Waals surface area contributed by atoms with Crippen LogP contribution in [0.5, 0.6) is 0 Å². The van der Waals surface area contributed by atoms with Gasteiger partial charge in [0.25, 0.3) is 0 Å². The molecule has 0 aromatic heterocycles. The van der Waals surface area contributed by atoms with Crippen LogP contribution >= 0.6 is 11.8 Å². The highest BCUT2D eigenvalue weighted by molar-refractivity contribution is 7.98. The molecule has 0 aliphatic carbocycles. The van der Waals surface area contributed by atoms with E-state index in [-0.39, 0.29) is 11.9 Å². The normalized spacial score (nSPS) is 19.9. The second-order valence-corrected chi connectivity index (χ2v) is 5.75. The van der Waals surface area contributed by atoms with Crippen LogP contribution in [0.25, 0.3) is 0 Å². The molecule has 0 aromatic rings. The number of carbonyl (C=O) groups excluding carboxylic acids is 1. The van der Waals surface area contributed by atoms with E-state index >= 15 is 0 Å². The van der Waals surface area contributed by atoms with Gasteiger partial charge in [-0.25, -0.2) is 0 Å². The largest absolute Gasteiger partial charge is 0.466 e. The highest BCUT2D eigenvalue weighted by Crippen LogP contribution is 2.18. The summed E-state index contributed by atoms with van der Waals surface area (Å²) >= 11 is 1.79. The number of esters is 1. The average Bonchev–Trinajstić information content (AvgIpc) is 2.47. The van der Waals surface area contributed by atoms with Crippen molar-refractivity contribution in [1.82, 2.24) is 10.2 Å². The summed E-state index contributed by atoms with van der Waals surface area (Å²) in [5, 5.41) is 3.32. The quantitative estimate of drug-likeness (QED) is 0.349. The van der Waals surface area contributed by atoms with Gasteiger partial charge in [0.1, 0.15) is 0 Å². The minimum Gasteiger partial charge on any atom is -0.466 e. The number of hydrogen-bond acceptors (Lipinski definition) is 4. The van der Waals surface area contributed by atoms with Gasteiger partial charge < -0.3 is 15.0 Å². The van der Waals surface area contributed by atoms with Gasteiger partial charge in [0, 0.05) is 25.4 Å². The standard InChI is InChI=1S/C14H27N3O2S/c1-4-15-14(16-8-10-20-3)17-9-6-7-12(11-17)13(18)19-5-2/h12H,4-11H2,1-3H3,(H,15,16). The number of ether oxygens (including phenoxy) is 1. The average molecular weight is 301 g/mol. The van der Waals surface area contributed by atoms with E-state index in [0.29, 0.717) is 13.2 Å². The van der Waals surface area contributed by atoms with Crippen molar-refractivity contribution in [2.75, 3.05) is 44.8 Å². The van der Waals surface area contributed by atoms with Gasteiger partial charge in [-0.2, -0.15) is 11.8 Å². The number of thioether (sulfide) groups is 1. The third-order valence-electron chi connectivity index (χ3n) is 3.23. The molecule has 1 heterocycles. The maximum absolute atomic E-state index is 11.9. The molecule has 1 fully saturated rings. The van der Waals surface area contributed by atoms with Crippen molar-refractivity contribution in [2.24, 2.45) is 10.9 Å². The molecule has 1 atom stereocenters. The topological polar surface area (TPSA) is 53.9 Å². The van der Waals surface area contributed by atoms with Crippen LogP contribution in [0.3, 0.4) is 0 Å². The number of piperidine rings is 1. The molecule has 116 valence electrons. The van der Waals surface area contributed by atoms with Gasteiger partial charge in [-0.15, -0.1) is 0 Å². The van der Waals surface area contributed by atoms with E-state index in [1.165, 1.54) is 0 Å². The fraction of sp³-hybridized carbons (Fsp3) is 0.857. The molecule has 1 N–H and O–H groups in total. The Morgan fingerprint density at radius 2 is 2.30 bits per heavy atom. The Morgan fingerprint density at radius 3 is 2.95 bits per heavy atom. The van der Waals surface area contributed by atoms with Crippen molar-refractivity contribution in [3.63, 3.8) is 0 Å². The lowest BCUT2D eigenvalue weighted by Gasteiger charge is -2.34. The first-order chi connectivity index (χ1) is 9.72. The Hall–Kier alpha value is -0.910. The molecule has 5 nitrogen and oxygen atoms in total. The lowest BCUT2D eigenvalue weighted by molar-refractivity contribution is -0.149. The number of hydrogen-bond donors (Lipinski definition) is 1. The van der Waals surface area contributed by atoms with Crippen LogP contribution in [0.15, 0.2) is 4.99 Å². The molecule has 1 aliphatic rings. The molecule has 0 spiro atoms. The Kier molecular flexibility index (Phi) is 8.49. The molecule has 0 radical (unpaired) electrons. The predicted octanol–water partition coefficient (Wildman–Crippen LogP) is 1.59. The maximum atomic E-state index is 11.9. The zero-order valence-corrected chi connectivity index (χ0v) is 13.7. The fourth-order valence-electron chi connectivity index (χ4n) is 2.29. The van der Waals surface area contributed by atoms with E-state index < -0.39 is 0 Å². The predicted molar refractivity (Wildman–Crippen MR) is 85.3 cm³/mol. The van der Waals surface area contributed by atoms with Crippen LogP contribution in [-0.4, -0.2) is 61.6 Å². The number of likely N-dealkylation sites (tertiary alicyclic amines) is 1. The number of aliphatic imine (C=N–C) groups is 1. The van der Waals surface area contributed by atoms with Crippen molar-refractivity contribution in [1.29, 1.82) is 0 Å². The van der Waals surface area contributed by atoms with Crippen LogP contribution in [0.4, 0.5) is 0 Å². The molecule has 0 amide bonds. The molecule has 1 unspecified atom stereocenters. The van der Waals surface area contributed by atoms with Crippen LogP contribution in [0.2, 0.25) is 0 Å². The summed E-state index contributed by atoms with van der Waals surface area (Å²) in [7, 11) is 0.